The van der Waals surface area contributed by atoms with E-state index in [0.717, 1.165) is 8.95 Å². The molecular formula is C20H10Br2Cl2O4S2. The van der Waals surface area contributed by atoms with Crippen molar-refractivity contribution in [1.29, 1.82) is 0 Å². The SMILES string of the molecule is O=S(=O)(Cl)c1ccc2cc(Br)ccc2c1-c1c(S(=O)(=O)Cl)ccc2cc(Br)ccc12. The quantitative estimate of drug-likeness (QED) is 0.234. The van der Waals surface area contributed by atoms with Crippen molar-refractivity contribution in [1.82, 2.24) is 0 Å². The second kappa shape index (κ2) is 7.76. The van der Waals surface area contributed by atoms with Crippen LogP contribution in [-0.4, -0.2) is 16.8 Å². The highest BCUT2D eigenvalue weighted by atomic mass is 79.9. The topological polar surface area (TPSA) is 68.3 Å². The van der Waals surface area contributed by atoms with Gasteiger partial charge in [-0.2, -0.15) is 0 Å². The lowest BCUT2D eigenvalue weighted by Crippen LogP contribution is -2.01. The fourth-order valence-corrected chi connectivity index (χ4v) is 6.39. The van der Waals surface area contributed by atoms with E-state index in [-0.39, 0.29) is 20.9 Å². The molecule has 154 valence electrons. The van der Waals surface area contributed by atoms with Crippen molar-refractivity contribution < 1.29 is 16.8 Å². The molecule has 0 saturated carbocycles. The molecule has 0 N–H and O–H groups in total. The predicted molar refractivity (Wildman–Crippen MR) is 128 cm³/mol. The molecule has 0 aliphatic heterocycles. The molecule has 0 saturated heterocycles. The zero-order valence-electron chi connectivity index (χ0n) is 14.7. The first-order valence-electron chi connectivity index (χ1n) is 8.31. The molecule has 0 unspecified atom stereocenters. The van der Waals surface area contributed by atoms with Gasteiger partial charge in [0.15, 0.2) is 0 Å². The van der Waals surface area contributed by atoms with Gasteiger partial charge >= 0.3 is 0 Å². The molecule has 0 aromatic heterocycles. The summed E-state index contributed by atoms with van der Waals surface area (Å²) in [6.07, 6.45) is 0. The van der Waals surface area contributed by atoms with E-state index in [1.165, 1.54) is 12.1 Å². The van der Waals surface area contributed by atoms with Crippen molar-refractivity contribution in [2.45, 2.75) is 9.79 Å². The van der Waals surface area contributed by atoms with Gasteiger partial charge in [0.05, 0.1) is 9.79 Å². The summed E-state index contributed by atoms with van der Waals surface area (Å²) < 4.78 is 51.4. The van der Waals surface area contributed by atoms with Crippen LogP contribution in [0.2, 0.25) is 0 Å². The fraction of sp³-hybridized carbons (Fsp3) is 0. The van der Waals surface area contributed by atoms with Crippen LogP contribution in [0, 0.1) is 0 Å². The minimum absolute atomic E-state index is 0.183. The molecule has 0 aliphatic rings. The van der Waals surface area contributed by atoms with Gasteiger partial charge in [-0.15, -0.1) is 0 Å². The lowest BCUT2D eigenvalue weighted by atomic mass is 9.94. The smallest absolute Gasteiger partial charge is 0.207 e. The van der Waals surface area contributed by atoms with Gasteiger partial charge in [0.1, 0.15) is 0 Å². The third kappa shape index (κ3) is 4.01. The van der Waals surface area contributed by atoms with Crippen LogP contribution in [0.15, 0.2) is 79.4 Å². The van der Waals surface area contributed by atoms with E-state index in [4.69, 9.17) is 21.4 Å². The summed E-state index contributed by atoms with van der Waals surface area (Å²) in [6, 6.07) is 16.5. The number of rotatable bonds is 3. The van der Waals surface area contributed by atoms with Crippen molar-refractivity contribution in [3.63, 3.8) is 0 Å². The first kappa shape index (κ1) is 22.0. The zero-order chi connectivity index (χ0) is 21.8. The van der Waals surface area contributed by atoms with Gasteiger partial charge in [0.25, 0.3) is 18.1 Å². The number of benzene rings is 4. The number of halogens is 4. The Kier molecular flexibility index (Phi) is 5.70. The molecule has 0 aliphatic carbocycles. The Morgan fingerprint density at radius 1 is 0.567 bits per heavy atom. The molecule has 0 bridgehead atoms. The summed E-state index contributed by atoms with van der Waals surface area (Å²) in [4.78, 5) is -0.396. The highest BCUT2D eigenvalue weighted by Gasteiger charge is 2.27. The molecule has 10 heteroatoms. The van der Waals surface area contributed by atoms with Crippen LogP contribution < -0.4 is 0 Å². The van der Waals surface area contributed by atoms with Crippen LogP contribution >= 0.6 is 53.2 Å². The summed E-state index contributed by atoms with van der Waals surface area (Å²) in [5.74, 6) is 0. The maximum atomic E-state index is 12.5. The summed E-state index contributed by atoms with van der Waals surface area (Å²) in [5, 5.41) is 2.46. The molecular weight excluding hydrogens is 599 g/mol. The Hall–Kier alpha value is -1.16. The molecule has 4 rings (SSSR count). The third-order valence-corrected chi connectivity index (χ3v) is 8.38. The van der Waals surface area contributed by atoms with Crippen molar-refractivity contribution >= 4 is 92.9 Å². The largest absolute Gasteiger partial charge is 0.261 e. The molecule has 30 heavy (non-hydrogen) atoms. The van der Waals surface area contributed by atoms with E-state index < -0.39 is 18.1 Å². The molecule has 0 atom stereocenters. The lowest BCUT2D eigenvalue weighted by Gasteiger charge is -2.17. The molecule has 4 aromatic carbocycles. The summed E-state index contributed by atoms with van der Waals surface area (Å²) in [6.45, 7) is 0. The Bertz CT molecular complexity index is 1450. The van der Waals surface area contributed by atoms with Gasteiger partial charge in [-0.1, -0.05) is 56.1 Å². The maximum absolute atomic E-state index is 12.5. The summed E-state index contributed by atoms with van der Waals surface area (Å²) in [5.41, 5.74) is 0.365. The maximum Gasteiger partial charge on any atom is 0.261 e. The third-order valence-electron chi connectivity index (χ3n) is 4.66. The molecule has 4 aromatic rings. The van der Waals surface area contributed by atoms with Crippen molar-refractivity contribution in [3.8, 4) is 11.1 Å². The molecule has 0 amide bonds. The van der Waals surface area contributed by atoms with Gasteiger partial charge < -0.3 is 0 Å². The van der Waals surface area contributed by atoms with Gasteiger partial charge in [-0.25, -0.2) is 16.8 Å². The second-order valence-corrected chi connectivity index (χ2v) is 13.4. The van der Waals surface area contributed by atoms with E-state index >= 15 is 0 Å². The first-order chi connectivity index (χ1) is 14.0. The number of hydrogen-bond acceptors (Lipinski definition) is 4. The molecule has 0 spiro atoms. The zero-order valence-corrected chi connectivity index (χ0v) is 21.1. The van der Waals surface area contributed by atoms with Crippen molar-refractivity contribution in [2.75, 3.05) is 0 Å². The normalized spacial score (nSPS) is 12.5. The summed E-state index contributed by atoms with van der Waals surface area (Å²) in [7, 11) is 3.10. The predicted octanol–water partition coefficient (Wildman–Crippen LogP) is 7.04. The average Bonchev–Trinajstić information content (AvgIpc) is 2.64. The van der Waals surface area contributed by atoms with Crippen LogP contribution in [-0.2, 0) is 18.1 Å². The fourth-order valence-electron chi connectivity index (χ4n) is 3.48. The molecule has 4 nitrogen and oxygen atoms in total. The van der Waals surface area contributed by atoms with Crippen LogP contribution in [0.4, 0.5) is 0 Å². The van der Waals surface area contributed by atoms with Gasteiger partial charge in [0.2, 0.25) is 0 Å². The van der Waals surface area contributed by atoms with E-state index in [1.54, 1.807) is 48.5 Å². The summed E-state index contributed by atoms with van der Waals surface area (Å²) >= 11 is 6.80. The monoisotopic (exact) mass is 606 g/mol. The minimum Gasteiger partial charge on any atom is -0.207 e. The van der Waals surface area contributed by atoms with Crippen LogP contribution in [0.3, 0.4) is 0 Å². The van der Waals surface area contributed by atoms with Crippen LogP contribution in [0.25, 0.3) is 32.7 Å². The van der Waals surface area contributed by atoms with E-state index in [2.05, 4.69) is 31.9 Å². The van der Waals surface area contributed by atoms with Crippen LogP contribution in [0.1, 0.15) is 0 Å². The molecule has 0 heterocycles. The van der Waals surface area contributed by atoms with Gasteiger partial charge in [0, 0.05) is 41.4 Å². The minimum atomic E-state index is -4.21. The first-order valence-corrected chi connectivity index (χ1v) is 14.5. The molecule has 0 fully saturated rings. The highest BCUT2D eigenvalue weighted by molar-refractivity contribution is 9.10. The lowest BCUT2D eigenvalue weighted by molar-refractivity contribution is 0.607. The van der Waals surface area contributed by atoms with Gasteiger partial charge in [-0.05, 0) is 57.9 Å². The van der Waals surface area contributed by atoms with Crippen molar-refractivity contribution in [3.05, 3.63) is 69.6 Å². The highest BCUT2D eigenvalue weighted by Crippen LogP contribution is 2.44. The Labute approximate surface area is 198 Å². The standard InChI is InChI=1S/C20H10Br2Cl2O4S2/c21-13-3-5-15-11(9-13)1-7-17(29(23,25)26)19(15)20-16-6-4-14(22)10-12(16)2-8-18(20)30(24,27)28/h1-10H. The van der Waals surface area contributed by atoms with Crippen LogP contribution in [0.5, 0.6) is 0 Å². The van der Waals surface area contributed by atoms with Crippen molar-refractivity contribution in [2.24, 2.45) is 0 Å². The number of fused-ring (bicyclic) bond motifs is 2. The average molecular weight is 609 g/mol. The second-order valence-electron chi connectivity index (χ2n) is 6.48. The Balaban J connectivity index is 2.33. The van der Waals surface area contributed by atoms with Gasteiger partial charge in [-0.3, -0.25) is 0 Å². The number of hydrogen-bond donors (Lipinski definition) is 0. The van der Waals surface area contributed by atoms with E-state index in [0.29, 0.717) is 21.5 Å². The van der Waals surface area contributed by atoms with E-state index in [1.807, 2.05) is 0 Å². The Morgan fingerprint density at radius 3 is 1.27 bits per heavy atom. The Morgan fingerprint density at radius 2 is 0.933 bits per heavy atom. The molecule has 0 radical (unpaired) electrons. The van der Waals surface area contributed by atoms with E-state index in [9.17, 15) is 16.8 Å².